The molecule has 1 unspecified atom stereocenters. The molecular formula is C13H23N5O. The summed E-state index contributed by atoms with van der Waals surface area (Å²) in [5, 5.41) is 20.6. The van der Waals surface area contributed by atoms with Crippen LogP contribution in [0.25, 0.3) is 0 Å². The van der Waals surface area contributed by atoms with Crippen molar-refractivity contribution in [2.24, 2.45) is 0 Å². The van der Waals surface area contributed by atoms with Gasteiger partial charge in [-0.2, -0.15) is 0 Å². The van der Waals surface area contributed by atoms with E-state index in [9.17, 15) is 0 Å². The van der Waals surface area contributed by atoms with Gasteiger partial charge in [0.1, 0.15) is 0 Å². The van der Waals surface area contributed by atoms with Crippen LogP contribution in [0.4, 0.5) is 0 Å². The average Bonchev–Trinajstić information content (AvgIpc) is 3.01. The molecule has 6 heteroatoms. The lowest BCUT2D eigenvalue weighted by atomic mass is 10.2. The molecule has 0 spiro atoms. The van der Waals surface area contributed by atoms with E-state index >= 15 is 0 Å². The van der Waals surface area contributed by atoms with Crippen molar-refractivity contribution in [3.8, 4) is 0 Å². The summed E-state index contributed by atoms with van der Waals surface area (Å²) in [5.74, 6) is 0. The molecule has 2 aliphatic rings. The van der Waals surface area contributed by atoms with Crippen molar-refractivity contribution in [1.82, 2.24) is 25.2 Å². The number of rotatable bonds is 7. The van der Waals surface area contributed by atoms with Gasteiger partial charge in [0.25, 0.3) is 0 Å². The Morgan fingerprint density at radius 3 is 3.05 bits per heavy atom. The number of likely N-dealkylation sites (tertiary alicyclic amines) is 1. The summed E-state index contributed by atoms with van der Waals surface area (Å²) < 4.78 is 1.80. The Morgan fingerprint density at radius 1 is 1.37 bits per heavy atom. The Morgan fingerprint density at radius 2 is 2.26 bits per heavy atom. The maximum absolute atomic E-state index is 8.78. The Labute approximate surface area is 113 Å². The van der Waals surface area contributed by atoms with Gasteiger partial charge in [0.05, 0.1) is 5.69 Å². The zero-order chi connectivity index (χ0) is 13.1. The van der Waals surface area contributed by atoms with Crippen LogP contribution in [-0.4, -0.2) is 56.8 Å². The van der Waals surface area contributed by atoms with Gasteiger partial charge >= 0.3 is 0 Å². The second-order valence-electron chi connectivity index (χ2n) is 5.64. The normalized spacial score (nSPS) is 24.2. The molecule has 1 aliphatic carbocycles. The molecule has 2 fully saturated rings. The standard InChI is InChI=1S/C13H23N5O/c19-7-1-5-18-10-12(15-16-18)8-14-11-4-6-17(9-11)13-2-3-13/h10-11,13-14,19H,1-9H2. The largest absolute Gasteiger partial charge is 0.396 e. The van der Waals surface area contributed by atoms with E-state index in [1.54, 1.807) is 4.68 Å². The molecule has 1 aliphatic heterocycles. The van der Waals surface area contributed by atoms with E-state index < -0.39 is 0 Å². The minimum Gasteiger partial charge on any atom is -0.396 e. The van der Waals surface area contributed by atoms with Crippen molar-refractivity contribution in [2.45, 2.75) is 50.9 Å². The fourth-order valence-corrected chi connectivity index (χ4v) is 2.74. The van der Waals surface area contributed by atoms with E-state index in [0.717, 1.165) is 31.2 Å². The summed E-state index contributed by atoms with van der Waals surface area (Å²) >= 11 is 0. The molecule has 0 radical (unpaired) electrons. The minimum atomic E-state index is 0.201. The highest BCUT2D eigenvalue weighted by Gasteiger charge is 2.34. The van der Waals surface area contributed by atoms with Gasteiger partial charge in [-0.05, 0) is 25.7 Å². The number of nitrogens with one attached hydrogen (secondary N) is 1. The molecule has 1 saturated carbocycles. The number of aromatic nitrogens is 3. The number of hydrogen-bond donors (Lipinski definition) is 2. The zero-order valence-corrected chi connectivity index (χ0v) is 11.3. The SMILES string of the molecule is OCCCn1cc(CNC2CCN(C3CC3)C2)nn1. The van der Waals surface area contributed by atoms with Crippen LogP contribution in [0, 0.1) is 0 Å². The lowest BCUT2D eigenvalue weighted by Crippen LogP contribution is -2.32. The van der Waals surface area contributed by atoms with E-state index in [2.05, 4.69) is 20.5 Å². The molecule has 106 valence electrons. The molecule has 2 heterocycles. The van der Waals surface area contributed by atoms with E-state index in [0.29, 0.717) is 6.04 Å². The van der Waals surface area contributed by atoms with Gasteiger partial charge in [0, 0.05) is 51.1 Å². The lowest BCUT2D eigenvalue weighted by molar-refractivity contribution is 0.276. The highest BCUT2D eigenvalue weighted by Crippen LogP contribution is 2.29. The van der Waals surface area contributed by atoms with Gasteiger partial charge in [-0.3, -0.25) is 9.58 Å². The number of hydrogen-bond acceptors (Lipinski definition) is 5. The number of aryl methyl sites for hydroxylation is 1. The Kier molecular flexibility index (Phi) is 4.10. The smallest absolute Gasteiger partial charge is 0.0964 e. The van der Waals surface area contributed by atoms with Crippen LogP contribution >= 0.6 is 0 Å². The van der Waals surface area contributed by atoms with Crippen LogP contribution in [0.15, 0.2) is 6.20 Å². The number of nitrogens with zero attached hydrogens (tertiary/aromatic N) is 4. The van der Waals surface area contributed by atoms with Crippen LogP contribution in [0.3, 0.4) is 0 Å². The summed E-state index contributed by atoms with van der Waals surface area (Å²) in [4.78, 5) is 2.61. The lowest BCUT2D eigenvalue weighted by Gasteiger charge is -2.15. The quantitative estimate of drug-likeness (QED) is 0.726. The van der Waals surface area contributed by atoms with E-state index in [1.165, 1.54) is 32.4 Å². The fraction of sp³-hybridized carbons (Fsp3) is 0.846. The van der Waals surface area contributed by atoms with Crippen LogP contribution in [0.1, 0.15) is 31.4 Å². The van der Waals surface area contributed by atoms with Crippen molar-refractivity contribution in [3.63, 3.8) is 0 Å². The van der Waals surface area contributed by atoms with E-state index in [-0.39, 0.29) is 6.61 Å². The Balaban J connectivity index is 1.40. The zero-order valence-electron chi connectivity index (χ0n) is 11.3. The number of aliphatic hydroxyl groups is 1. The summed E-state index contributed by atoms with van der Waals surface area (Å²) in [5.41, 5.74) is 0.989. The fourth-order valence-electron chi connectivity index (χ4n) is 2.74. The second-order valence-corrected chi connectivity index (χ2v) is 5.64. The molecular weight excluding hydrogens is 242 g/mol. The third-order valence-corrected chi connectivity index (χ3v) is 3.99. The Hall–Kier alpha value is -0.980. The molecule has 0 bridgehead atoms. The first-order valence-electron chi connectivity index (χ1n) is 7.32. The van der Waals surface area contributed by atoms with Gasteiger partial charge < -0.3 is 10.4 Å². The number of aliphatic hydroxyl groups excluding tert-OH is 1. The van der Waals surface area contributed by atoms with Crippen molar-refractivity contribution in [2.75, 3.05) is 19.7 Å². The predicted octanol–water partition coefficient (Wildman–Crippen LogP) is -0.0132. The summed E-state index contributed by atoms with van der Waals surface area (Å²) in [6.45, 7) is 4.16. The van der Waals surface area contributed by atoms with Crippen molar-refractivity contribution in [3.05, 3.63) is 11.9 Å². The molecule has 1 aromatic heterocycles. The van der Waals surface area contributed by atoms with Crippen LogP contribution < -0.4 is 5.32 Å². The van der Waals surface area contributed by atoms with Crippen LogP contribution in [-0.2, 0) is 13.1 Å². The van der Waals surface area contributed by atoms with Crippen molar-refractivity contribution < 1.29 is 5.11 Å². The second kappa shape index (κ2) is 5.98. The molecule has 2 N–H and O–H groups in total. The van der Waals surface area contributed by atoms with Gasteiger partial charge in [0.2, 0.25) is 0 Å². The van der Waals surface area contributed by atoms with Gasteiger partial charge in [-0.1, -0.05) is 5.21 Å². The first-order valence-corrected chi connectivity index (χ1v) is 7.32. The van der Waals surface area contributed by atoms with E-state index in [1.807, 2.05) is 6.20 Å². The summed E-state index contributed by atoms with van der Waals surface area (Å²) in [6, 6.07) is 1.48. The first kappa shape index (κ1) is 13.0. The minimum absolute atomic E-state index is 0.201. The van der Waals surface area contributed by atoms with Gasteiger partial charge in [0.15, 0.2) is 0 Å². The maximum atomic E-state index is 8.78. The molecule has 1 saturated heterocycles. The molecule has 1 aromatic rings. The first-order chi connectivity index (χ1) is 9.35. The highest BCUT2D eigenvalue weighted by molar-refractivity contribution is 4.95. The average molecular weight is 265 g/mol. The molecule has 3 rings (SSSR count). The topological polar surface area (TPSA) is 66.2 Å². The monoisotopic (exact) mass is 265 g/mol. The Bertz CT molecular complexity index is 403. The van der Waals surface area contributed by atoms with Crippen molar-refractivity contribution >= 4 is 0 Å². The third kappa shape index (κ3) is 3.52. The van der Waals surface area contributed by atoms with Crippen molar-refractivity contribution in [1.29, 1.82) is 0 Å². The third-order valence-electron chi connectivity index (χ3n) is 3.99. The van der Waals surface area contributed by atoms with Crippen LogP contribution in [0.2, 0.25) is 0 Å². The molecule has 0 amide bonds. The van der Waals surface area contributed by atoms with Gasteiger partial charge in [-0.15, -0.1) is 5.10 Å². The molecule has 0 aromatic carbocycles. The molecule has 19 heavy (non-hydrogen) atoms. The summed E-state index contributed by atoms with van der Waals surface area (Å²) in [7, 11) is 0. The summed E-state index contributed by atoms with van der Waals surface area (Å²) in [6.07, 6.45) is 6.73. The molecule has 6 nitrogen and oxygen atoms in total. The van der Waals surface area contributed by atoms with E-state index in [4.69, 9.17) is 5.11 Å². The maximum Gasteiger partial charge on any atom is 0.0964 e. The highest BCUT2D eigenvalue weighted by atomic mass is 16.3. The molecule has 1 atom stereocenters. The van der Waals surface area contributed by atoms with Crippen LogP contribution in [0.5, 0.6) is 0 Å². The van der Waals surface area contributed by atoms with Gasteiger partial charge in [-0.25, -0.2) is 0 Å². The predicted molar refractivity (Wildman–Crippen MR) is 71.6 cm³/mol.